The molecule has 1 aliphatic heterocycles. The third-order valence-corrected chi connectivity index (χ3v) is 5.07. The number of halogens is 1. The van der Waals surface area contributed by atoms with E-state index in [0.717, 1.165) is 43.9 Å². The largest absolute Gasteiger partial charge is 0.387 e. The van der Waals surface area contributed by atoms with Gasteiger partial charge in [0.15, 0.2) is 0 Å². The first-order valence-electron chi connectivity index (χ1n) is 8.98. The predicted octanol–water partition coefficient (Wildman–Crippen LogP) is 3.51. The monoisotopic (exact) mass is 373 g/mol. The van der Waals surface area contributed by atoms with E-state index >= 15 is 0 Å². The second kappa shape index (κ2) is 9.12. The summed E-state index contributed by atoms with van der Waals surface area (Å²) in [5.41, 5.74) is 1.46. The molecule has 0 aliphatic carbocycles. The Kier molecular flexibility index (Phi) is 6.61. The topological polar surface area (TPSA) is 65.5 Å². The summed E-state index contributed by atoms with van der Waals surface area (Å²) in [6.07, 6.45) is 3.47. The summed E-state index contributed by atoms with van der Waals surface area (Å²) in [6, 6.07) is 12.8. The smallest absolute Gasteiger partial charge is 0.225 e. The molecule has 2 heterocycles. The number of piperidine rings is 1. The highest BCUT2D eigenvalue weighted by molar-refractivity contribution is 6.30. The zero-order valence-corrected chi connectivity index (χ0v) is 15.4. The molecule has 6 heteroatoms. The van der Waals surface area contributed by atoms with Crippen molar-refractivity contribution in [2.45, 2.75) is 25.4 Å². The lowest BCUT2D eigenvalue weighted by Crippen LogP contribution is -2.37. The van der Waals surface area contributed by atoms with Gasteiger partial charge in [-0.3, -0.25) is 9.78 Å². The minimum absolute atomic E-state index is 0.0112. The fourth-order valence-electron chi connectivity index (χ4n) is 3.33. The summed E-state index contributed by atoms with van der Waals surface area (Å²) < 4.78 is 0. The maximum atomic E-state index is 12.1. The lowest BCUT2D eigenvalue weighted by atomic mass is 9.89. The van der Waals surface area contributed by atoms with Crippen molar-refractivity contribution in [3.8, 4) is 0 Å². The van der Waals surface area contributed by atoms with E-state index in [9.17, 15) is 9.90 Å². The molecule has 1 atom stereocenters. The van der Waals surface area contributed by atoms with Crippen LogP contribution in [-0.4, -0.2) is 40.5 Å². The van der Waals surface area contributed by atoms with Gasteiger partial charge in [0.1, 0.15) is 0 Å². The number of carbonyl (C=O) groups excluding carboxylic acids is 1. The Balaban J connectivity index is 1.40. The van der Waals surface area contributed by atoms with Crippen molar-refractivity contribution in [2.24, 2.45) is 5.92 Å². The van der Waals surface area contributed by atoms with Crippen LogP contribution in [0.4, 0.5) is 5.69 Å². The molecule has 0 bridgehead atoms. The van der Waals surface area contributed by atoms with Crippen LogP contribution in [0.25, 0.3) is 0 Å². The normalized spacial score (nSPS) is 17.0. The van der Waals surface area contributed by atoms with Gasteiger partial charge in [-0.1, -0.05) is 23.7 Å². The molecule has 1 aromatic heterocycles. The van der Waals surface area contributed by atoms with E-state index in [1.807, 2.05) is 30.3 Å². The Morgan fingerprint density at radius 3 is 2.77 bits per heavy atom. The summed E-state index contributed by atoms with van der Waals surface area (Å²) >= 11 is 5.93. The van der Waals surface area contributed by atoms with Crippen LogP contribution < -0.4 is 5.32 Å². The summed E-state index contributed by atoms with van der Waals surface area (Å²) in [6.45, 7) is 2.50. The summed E-state index contributed by atoms with van der Waals surface area (Å²) in [5.74, 6) is 0.212. The summed E-state index contributed by atoms with van der Waals surface area (Å²) in [5, 5.41) is 14.0. The van der Waals surface area contributed by atoms with E-state index in [-0.39, 0.29) is 11.8 Å². The summed E-state index contributed by atoms with van der Waals surface area (Å²) in [7, 11) is 0. The highest BCUT2D eigenvalue weighted by Crippen LogP contribution is 2.29. The van der Waals surface area contributed by atoms with Gasteiger partial charge in [0.2, 0.25) is 5.91 Å². The number of nitrogens with zero attached hydrogens (tertiary/aromatic N) is 2. The molecule has 2 N–H and O–H groups in total. The van der Waals surface area contributed by atoms with Crippen molar-refractivity contribution in [2.75, 3.05) is 25.0 Å². The first kappa shape index (κ1) is 18.8. The number of amides is 1. The Morgan fingerprint density at radius 1 is 1.27 bits per heavy atom. The number of carbonyl (C=O) groups is 1. The van der Waals surface area contributed by atoms with E-state index < -0.39 is 6.10 Å². The number of nitrogens with one attached hydrogen (secondary N) is 1. The quantitative estimate of drug-likeness (QED) is 0.813. The average Bonchev–Trinajstić information content (AvgIpc) is 2.67. The van der Waals surface area contributed by atoms with Crippen molar-refractivity contribution in [3.05, 3.63) is 59.4 Å². The van der Waals surface area contributed by atoms with Gasteiger partial charge in [0.25, 0.3) is 0 Å². The standard InChI is InChI=1S/C20H24ClN3O2/c21-16-4-3-5-17(14-16)23-19(25)9-13-24-11-7-15(8-12-24)20(26)18-6-1-2-10-22-18/h1-6,10,14-15,20,26H,7-9,11-13H2,(H,23,25). The SMILES string of the molecule is O=C(CCN1CCC(C(O)c2ccccn2)CC1)Nc1cccc(Cl)c1. The van der Waals surface area contributed by atoms with Crippen LogP contribution in [0.2, 0.25) is 5.02 Å². The van der Waals surface area contributed by atoms with Crippen molar-refractivity contribution >= 4 is 23.2 Å². The Bertz CT molecular complexity index is 718. The number of benzene rings is 1. The fourth-order valence-corrected chi connectivity index (χ4v) is 3.52. The Labute approximate surface area is 159 Å². The molecule has 1 aromatic carbocycles. The van der Waals surface area contributed by atoms with E-state index in [1.165, 1.54) is 0 Å². The molecule has 0 spiro atoms. The van der Waals surface area contributed by atoms with E-state index in [4.69, 9.17) is 11.6 Å². The molecule has 1 aliphatic rings. The molecule has 138 valence electrons. The van der Waals surface area contributed by atoms with Crippen LogP contribution in [-0.2, 0) is 4.79 Å². The second-order valence-electron chi connectivity index (χ2n) is 6.69. The van der Waals surface area contributed by atoms with Gasteiger partial charge in [-0.25, -0.2) is 0 Å². The van der Waals surface area contributed by atoms with Gasteiger partial charge in [0.05, 0.1) is 11.8 Å². The van der Waals surface area contributed by atoms with Gasteiger partial charge >= 0.3 is 0 Å². The highest BCUT2D eigenvalue weighted by atomic mass is 35.5. The molecule has 1 saturated heterocycles. The molecule has 1 unspecified atom stereocenters. The van der Waals surface area contributed by atoms with Crippen LogP contribution in [0.1, 0.15) is 31.1 Å². The predicted molar refractivity (Wildman–Crippen MR) is 103 cm³/mol. The summed E-state index contributed by atoms with van der Waals surface area (Å²) in [4.78, 5) is 18.6. The number of pyridine rings is 1. The number of aromatic nitrogens is 1. The van der Waals surface area contributed by atoms with Crippen LogP contribution in [0.5, 0.6) is 0 Å². The van der Waals surface area contributed by atoms with Crippen molar-refractivity contribution in [1.82, 2.24) is 9.88 Å². The Hall–Kier alpha value is -1.95. The van der Waals surface area contributed by atoms with Gasteiger partial charge in [0, 0.05) is 29.9 Å². The van der Waals surface area contributed by atoms with Crippen LogP contribution in [0.3, 0.4) is 0 Å². The highest BCUT2D eigenvalue weighted by Gasteiger charge is 2.26. The van der Waals surface area contributed by atoms with Gasteiger partial charge in [-0.2, -0.15) is 0 Å². The third kappa shape index (κ3) is 5.27. The van der Waals surface area contributed by atoms with Gasteiger partial charge < -0.3 is 15.3 Å². The molecule has 2 aromatic rings. The minimum atomic E-state index is -0.510. The minimum Gasteiger partial charge on any atom is -0.387 e. The van der Waals surface area contributed by atoms with Crippen molar-refractivity contribution < 1.29 is 9.90 Å². The number of hydrogen-bond acceptors (Lipinski definition) is 4. The number of hydrogen-bond donors (Lipinski definition) is 2. The zero-order valence-electron chi connectivity index (χ0n) is 14.6. The zero-order chi connectivity index (χ0) is 18.4. The molecule has 26 heavy (non-hydrogen) atoms. The molecular weight excluding hydrogens is 350 g/mol. The molecule has 0 radical (unpaired) electrons. The lowest BCUT2D eigenvalue weighted by molar-refractivity contribution is -0.116. The number of aliphatic hydroxyl groups excluding tert-OH is 1. The average molecular weight is 374 g/mol. The molecule has 5 nitrogen and oxygen atoms in total. The first-order valence-corrected chi connectivity index (χ1v) is 9.36. The van der Waals surface area contributed by atoms with Crippen LogP contribution in [0.15, 0.2) is 48.7 Å². The molecule has 0 saturated carbocycles. The van der Waals surface area contributed by atoms with Crippen LogP contribution in [0, 0.1) is 5.92 Å². The fraction of sp³-hybridized carbons (Fsp3) is 0.400. The number of anilines is 1. The molecule has 3 rings (SSSR count). The molecular formula is C20H24ClN3O2. The first-order chi connectivity index (χ1) is 12.6. The number of rotatable bonds is 6. The maximum absolute atomic E-state index is 12.1. The van der Waals surface area contributed by atoms with E-state index in [2.05, 4.69) is 15.2 Å². The van der Waals surface area contributed by atoms with Crippen LogP contribution >= 0.6 is 11.6 Å². The number of likely N-dealkylation sites (tertiary alicyclic amines) is 1. The van der Waals surface area contributed by atoms with Gasteiger partial charge in [-0.15, -0.1) is 0 Å². The number of aliphatic hydroxyl groups is 1. The van der Waals surface area contributed by atoms with Crippen molar-refractivity contribution in [3.63, 3.8) is 0 Å². The second-order valence-corrected chi connectivity index (χ2v) is 7.12. The molecule has 1 amide bonds. The lowest BCUT2D eigenvalue weighted by Gasteiger charge is -2.33. The Morgan fingerprint density at radius 2 is 2.08 bits per heavy atom. The van der Waals surface area contributed by atoms with E-state index in [0.29, 0.717) is 11.4 Å². The van der Waals surface area contributed by atoms with E-state index in [1.54, 1.807) is 18.3 Å². The maximum Gasteiger partial charge on any atom is 0.225 e. The van der Waals surface area contributed by atoms with Crippen molar-refractivity contribution in [1.29, 1.82) is 0 Å². The molecule has 1 fully saturated rings. The third-order valence-electron chi connectivity index (χ3n) is 4.83. The van der Waals surface area contributed by atoms with Gasteiger partial charge in [-0.05, 0) is 62.2 Å².